The molecule has 25 heavy (non-hydrogen) atoms. The summed E-state index contributed by atoms with van der Waals surface area (Å²) in [5.41, 5.74) is 0.957. The Balaban J connectivity index is 1.60. The summed E-state index contributed by atoms with van der Waals surface area (Å²) < 4.78 is 11.4. The van der Waals surface area contributed by atoms with Gasteiger partial charge in [0.2, 0.25) is 0 Å². The van der Waals surface area contributed by atoms with E-state index in [9.17, 15) is 0 Å². The molecular weight excluding hydrogens is 316 g/mol. The monoisotopic (exact) mass is 346 g/mol. The first-order chi connectivity index (χ1) is 12.3. The summed E-state index contributed by atoms with van der Waals surface area (Å²) in [6.45, 7) is 9.44. The zero-order valence-corrected chi connectivity index (χ0v) is 15.4. The van der Waals surface area contributed by atoms with E-state index < -0.39 is 0 Å². The van der Waals surface area contributed by atoms with Gasteiger partial charge in [-0.3, -0.25) is 9.89 Å². The van der Waals surface area contributed by atoms with Crippen LogP contribution in [-0.4, -0.2) is 56.3 Å². The van der Waals surface area contributed by atoms with Crippen LogP contribution in [0, 0.1) is 0 Å². The summed E-state index contributed by atoms with van der Waals surface area (Å²) >= 11 is 0. The summed E-state index contributed by atoms with van der Waals surface area (Å²) in [6, 6.07) is 6.73. The molecule has 2 aliphatic rings. The second-order valence-electron chi connectivity index (χ2n) is 6.46. The van der Waals surface area contributed by atoms with E-state index in [-0.39, 0.29) is 0 Å². The third kappa shape index (κ3) is 5.26. The Morgan fingerprint density at radius 1 is 1.20 bits per heavy atom. The Morgan fingerprint density at radius 2 is 2.00 bits per heavy atom. The molecule has 0 aromatic heterocycles. The van der Waals surface area contributed by atoms with Gasteiger partial charge in [0.25, 0.3) is 0 Å². The number of aliphatic imine (C=N–C) groups is 1. The van der Waals surface area contributed by atoms with Crippen LogP contribution in [0.3, 0.4) is 0 Å². The summed E-state index contributed by atoms with van der Waals surface area (Å²) in [5, 5.41) is 6.68. The van der Waals surface area contributed by atoms with E-state index in [1.807, 2.05) is 18.2 Å². The van der Waals surface area contributed by atoms with Crippen molar-refractivity contribution in [1.82, 2.24) is 10.2 Å². The van der Waals surface area contributed by atoms with Crippen LogP contribution < -0.4 is 20.1 Å². The Kier molecular flexibility index (Phi) is 6.39. The molecule has 0 spiro atoms. The van der Waals surface area contributed by atoms with Gasteiger partial charge >= 0.3 is 0 Å². The lowest BCUT2D eigenvalue weighted by molar-refractivity contribution is 0.286. The van der Waals surface area contributed by atoms with Gasteiger partial charge in [-0.25, -0.2) is 0 Å². The topological polar surface area (TPSA) is 58.1 Å². The van der Waals surface area contributed by atoms with Crippen LogP contribution in [0.2, 0.25) is 0 Å². The van der Waals surface area contributed by atoms with Crippen molar-refractivity contribution in [3.63, 3.8) is 0 Å². The molecule has 1 saturated carbocycles. The van der Waals surface area contributed by atoms with E-state index in [1.54, 1.807) is 0 Å². The van der Waals surface area contributed by atoms with E-state index in [4.69, 9.17) is 14.5 Å². The summed E-state index contributed by atoms with van der Waals surface area (Å²) in [6.07, 6.45) is 3.59. The van der Waals surface area contributed by atoms with Crippen LogP contribution in [0.1, 0.15) is 33.1 Å². The molecule has 0 bridgehead atoms. The van der Waals surface area contributed by atoms with Crippen molar-refractivity contribution < 1.29 is 9.47 Å². The van der Waals surface area contributed by atoms with E-state index in [0.29, 0.717) is 13.2 Å². The van der Waals surface area contributed by atoms with Gasteiger partial charge in [-0.1, -0.05) is 6.92 Å². The molecule has 1 aromatic carbocycles. The van der Waals surface area contributed by atoms with Crippen molar-refractivity contribution >= 4 is 11.6 Å². The number of rotatable bonds is 7. The largest absolute Gasteiger partial charge is 0.490 e. The maximum Gasteiger partial charge on any atom is 0.195 e. The second kappa shape index (κ2) is 8.94. The lowest BCUT2D eigenvalue weighted by atomic mass is 10.3. The minimum absolute atomic E-state index is 0.693. The summed E-state index contributed by atoms with van der Waals surface area (Å²) in [4.78, 5) is 7.23. The molecule has 0 radical (unpaired) electrons. The summed E-state index contributed by atoms with van der Waals surface area (Å²) in [7, 11) is 0. The van der Waals surface area contributed by atoms with Crippen LogP contribution in [-0.2, 0) is 0 Å². The smallest absolute Gasteiger partial charge is 0.195 e. The van der Waals surface area contributed by atoms with E-state index in [0.717, 1.165) is 61.8 Å². The zero-order chi connectivity index (χ0) is 17.5. The Morgan fingerprint density at radius 3 is 2.72 bits per heavy atom. The molecule has 1 aliphatic heterocycles. The van der Waals surface area contributed by atoms with Crippen LogP contribution in [0.5, 0.6) is 11.5 Å². The molecule has 6 nitrogen and oxygen atoms in total. The maximum absolute atomic E-state index is 5.76. The fraction of sp³-hybridized carbons (Fsp3) is 0.632. The fourth-order valence-corrected chi connectivity index (χ4v) is 3.01. The predicted octanol–water partition coefficient (Wildman–Crippen LogP) is 2.71. The normalized spacial score (nSPS) is 17.3. The molecule has 0 unspecified atom stereocenters. The van der Waals surface area contributed by atoms with Gasteiger partial charge in [0.15, 0.2) is 17.5 Å². The predicted molar refractivity (Wildman–Crippen MR) is 102 cm³/mol. The van der Waals surface area contributed by atoms with E-state index in [2.05, 4.69) is 29.4 Å². The molecule has 3 rings (SSSR count). The van der Waals surface area contributed by atoms with Crippen LogP contribution in [0.15, 0.2) is 23.2 Å². The Bertz CT molecular complexity index is 587. The van der Waals surface area contributed by atoms with Crippen LogP contribution in [0.4, 0.5) is 5.69 Å². The molecule has 0 saturated heterocycles. The highest BCUT2D eigenvalue weighted by Gasteiger charge is 2.27. The quantitative estimate of drug-likeness (QED) is 0.587. The number of anilines is 1. The molecular formula is C19H30N4O2. The number of nitrogens with zero attached hydrogens (tertiary/aromatic N) is 2. The molecule has 1 fully saturated rings. The molecule has 0 amide bonds. The van der Waals surface area contributed by atoms with Gasteiger partial charge in [0, 0.05) is 37.3 Å². The lowest BCUT2D eigenvalue weighted by Gasteiger charge is -2.19. The fourth-order valence-electron chi connectivity index (χ4n) is 3.01. The highest BCUT2D eigenvalue weighted by Crippen LogP contribution is 2.32. The SMILES string of the molecule is CCNC(=NCCN(CC)C1CC1)Nc1ccc2c(c1)OCCCO2. The van der Waals surface area contributed by atoms with Crippen molar-refractivity contribution in [2.45, 2.75) is 39.2 Å². The lowest BCUT2D eigenvalue weighted by Crippen LogP contribution is -2.33. The number of ether oxygens (including phenoxy) is 2. The first-order valence-corrected chi connectivity index (χ1v) is 9.49. The van der Waals surface area contributed by atoms with Crippen molar-refractivity contribution in [3.05, 3.63) is 18.2 Å². The third-order valence-corrected chi connectivity index (χ3v) is 4.48. The van der Waals surface area contributed by atoms with Crippen molar-refractivity contribution in [1.29, 1.82) is 0 Å². The highest BCUT2D eigenvalue weighted by atomic mass is 16.5. The number of likely N-dealkylation sites (N-methyl/N-ethyl adjacent to an activating group) is 1. The number of benzene rings is 1. The standard InChI is InChI=1S/C19H30N4O2/c1-3-20-19(21-10-11-23(4-2)16-7-8-16)22-15-6-9-17-18(14-15)25-13-5-12-24-17/h6,9,14,16H,3-5,7-8,10-13H2,1-2H3,(H2,20,21,22). The minimum Gasteiger partial charge on any atom is -0.490 e. The van der Waals surface area contributed by atoms with Gasteiger partial charge in [-0.05, 0) is 38.4 Å². The molecule has 2 N–H and O–H groups in total. The zero-order valence-electron chi connectivity index (χ0n) is 15.4. The number of hydrogen-bond donors (Lipinski definition) is 2. The molecule has 1 aromatic rings. The van der Waals surface area contributed by atoms with Gasteiger partial charge < -0.3 is 20.1 Å². The van der Waals surface area contributed by atoms with Crippen molar-refractivity contribution in [2.75, 3.05) is 44.7 Å². The average molecular weight is 346 g/mol. The Hall–Kier alpha value is -1.95. The van der Waals surface area contributed by atoms with Gasteiger partial charge in [0.1, 0.15) is 0 Å². The summed E-state index contributed by atoms with van der Waals surface area (Å²) in [5.74, 6) is 2.42. The maximum atomic E-state index is 5.76. The number of hydrogen-bond acceptors (Lipinski definition) is 4. The minimum atomic E-state index is 0.693. The van der Waals surface area contributed by atoms with Gasteiger partial charge in [-0.2, -0.15) is 0 Å². The number of nitrogens with one attached hydrogen (secondary N) is 2. The highest BCUT2D eigenvalue weighted by molar-refractivity contribution is 5.93. The number of guanidine groups is 1. The molecule has 1 heterocycles. The molecule has 1 aliphatic carbocycles. The van der Waals surface area contributed by atoms with E-state index >= 15 is 0 Å². The third-order valence-electron chi connectivity index (χ3n) is 4.48. The van der Waals surface area contributed by atoms with Crippen LogP contribution in [0.25, 0.3) is 0 Å². The van der Waals surface area contributed by atoms with Crippen molar-refractivity contribution in [3.8, 4) is 11.5 Å². The van der Waals surface area contributed by atoms with Crippen LogP contribution >= 0.6 is 0 Å². The molecule has 0 atom stereocenters. The average Bonchev–Trinajstić information content (AvgIpc) is 3.45. The molecule has 138 valence electrons. The van der Waals surface area contributed by atoms with Crippen molar-refractivity contribution in [2.24, 2.45) is 4.99 Å². The Labute approximate surface area is 150 Å². The van der Waals surface area contributed by atoms with Gasteiger partial charge in [-0.15, -0.1) is 0 Å². The molecule has 6 heteroatoms. The first kappa shape index (κ1) is 17.9. The van der Waals surface area contributed by atoms with Gasteiger partial charge in [0.05, 0.1) is 19.8 Å². The van der Waals surface area contributed by atoms with E-state index in [1.165, 1.54) is 12.8 Å². The first-order valence-electron chi connectivity index (χ1n) is 9.49. The second-order valence-corrected chi connectivity index (χ2v) is 6.46. The number of fused-ring (bicyclic) bond motifs is 1.